The lowest BCUT2D eigenvalue weighted by Crippen LogP contribution is -2.33. The summed E-state index contributed by atoms with van der Waals surface area (Å²) in [5, 5.41) is 3.81. The van der Waals surface area contributed by atoms with Crippen LogP contribution in [0.5, 0.6) is 0 Å². The summed E-state index contributed by atoms with van der Waals surface area (Å²) in [6.45, 7) is 7.60. The molecule has 2 rings (SSSR count). The zero-order chi connectivity index (χ0) is 14.7. The minimum Gasteiger partial charge on any atom is -0.310 e. The lowest BCUT2D eigenvalue weighted by molar-refractivity contribution is 0.177. The van der Waals surface area contributed by atoms with Gasteiger partial charge in [0.05, 0.1) is 5.02 Å². The van der Waals surface area contributed by atoms with E-state index in [0.717, 1.165) is 23.9 Å². The molecule has 1 aliphatic carbocycles. The summed E-state index contributed by atoms with van der Waals surface area (Å²) in [4.78, 5) is 0. The van der Waals surface area contributed by atoms with E-state index in [2.05, 4.69) is 26.1 Å². The smallest absolute Gasteiger partial charge is 0.142 e. The first-order chi connectivity index (χ1) is 9.52. The highest BCUT2D eigenvalue weighted by atomic mass is 35.5. The Morgan fingerprint density at radius 3 is 2.50 bits per heavy atom. The number of hydrogen-bond acceptors (Lipinski definition) is 1. The largest absolute Gasteiger partial charge is 0.310 e. The fraction of sp³-hybridized carbons (Fsp3) is 0.647. The third kappa shape index (κ3) is 3.53. The van der Waals surface area contributed by atoms with Crippen LogP contribution in [0.15, 0.2) is 18.2 Å². The van der Waals surface area contributed by atoms with Crippen LogP contribution in [0.4, 0.5) is 4.39 Å². The molecule has 0 bridgehead atoms. The minimum absolute atomic E-state index is 0.161. The fourth-order valence-electron chi connectivity index (χ4n) is 3.79. The molecular formula is C17H25ClFN. The molecule has 1 fully saturated rings. The van der Waals surface area contributed by atoms with Crippen LogP contribution in [-0.2, 0) is 0 Å². The number of rotatable bonds is 4. The summed E-state index contributed by atoms with van der Waals surface area (Å²) < 4.78 is 13.7. The molecule has 112 valence electrons. The Balaban J connectivity index is 2.28. The van der Waals surface area contributed by atoms with E-state index in [4.69, 9.17) is 11.6 Å². The van der Waals surface area contributed by atoms with Crippen molar-refractivity contribution in [3.8, 4) is 0 Å². The van der Waals surface area contributed by atoms with Gasteiger partial charge in [-0.1, -0.05) is 44.5 Å². The second-order valence-electron chi connectivity index (χ2n) is 6.36. The second kappa shape index (κ2) is 6.91. The molecule has 0 aromatic heterocycles. The van der Waals surface area contributed by atoms with Gasteiger partial charge in [0.25, 0.3) is 0 Å². The summed E-state index contributed by atoms with van der Waals surface area (Å²) in [6.07, 6.45) is 3.68. The Kier molecular flexibility index (Phi) is 5.45. The van der Waals surface area contributed by atoms with Crippen molar-refractivity contribution in [2.24, 2.45) is 17.8 Å². The molecule has 1 N–H and O–H groups in total. The highest BCUT2D eigenvalue weighted by molar-refractivity contribution is 6.31. The van der Waals surface area contributed by atoms with Gasteiger partial charge in [0.1, 0.15) is 5.82 Å². The van der Waals surface area contributed by atoms with Gasteiger partial charge >= 0.3 is 0 Å². The Morgan fingerprint density at radius 1 is 1.25 bits per heavy atom. The van der Waals surface area contributed by atoms with Gasteiger partial charge in [-0.2, -0.15) is 0 Å². The lowest BCUT2D eigenvalue weighted by atomic mass is 9.72. The van der Waals surface area contributed by atoms with Crippen LogP contribution in [-0.4, -0.2) is 6.54 Å². The highest BCUT2D eigenvalue weighted by Crippen LogP contribution is 2.41. The Hall–Kier alpha value is -0.600. The molecule has 3 atom stereocenters. The molecule has 0 heterocycles. The summed E-state index contributed by atoms with van der Waals surface area (Å²) in [7, 11) is 0. The maximum absolute atomic E-state index is 13.7. The van der Waals surface area contributed by atoms with Crippen LogP contribution in [0.1, 0.15) is 51.6 Å². The summed E-state index contributed by atoms with van der Waals surface area (Å²) in [5.74, 6) is 1.69. The van der Waals surface area contributed by atoms with Crippen molar-refractivity contribution >= 4 is 11.6 Å². The van der Waals surface area contributed by atoms with Gasteiger partial charge in [-0.05, 0) is 55.2 Å². The Morgan fingerprint density at radius 2 is 1.90 bits per heavy atom. The van der Waals surface area contributed by atoms with Crippen molar-refractivity contribution < 1.29 is 4.39 Å². The predicted octanol–water partition coefficient (Wildman–Crippen LogP) is 5.20. The standard InChI is InChI=1S/C17H25ClFN/c1-4-20-17(13-9-11(2)8-12(3)10-13)14-6-5-7-15(19)16(14)18/h5-7,11-13,17,20H,4,8-10H2,1-3H3. The summed E-state index contributed by atoms with van der Waals surface area (Å²) in [5.41, 5.74) is 0.916. The third-order valence-corrected chi connectivity index (χ3v) is 4.83. The van der Waals surface area contributed by atoms with Crippen molar-refractivity contribution in [3.05, 3.63) is 34.6 Å². The molecule has 0 amide bonds. The zero-order valence-electron chi connectivity index (χ0n) is 12.6. The highest BCUT2D eigenvalue weighted by Gasteiger charge is 2.31. The van der Waals surface area contributed by atoms with Crippen molar-refractivity contribution in [2.45, 2.75) is 46.1 Å². The molecule has 0 spiro atoms. The first-order valence-corrected chi connectivity index (χ1v) is 8.08. The summed E-state index contributed by atoms with van der Waals surface area (Å²) >= 11 is 6.20. The first kappa shape index (κ1) is 15.8. The predicted molar refractivity (Wildman–Crippen MR) is 83.5 cm³/mol. The van der Waals surface area contributed by atoms with Crippen LogP contribution in [0.25, 0.3) is 0 Å². The number of hydrogen-bond donors (Lipinski definition) is 1. The van der Waals surface area contributed by atoms with E-state index < -0.39 is 0 Å². The molecule has 3 heteroatoms. The van der Waals surface area contributed by atoms with Crippen LogP contribution in [0, 0.1) is 23.6 Å². The fourth-order valence-corrected chi connectivity index (χ4v) is 4.04. The van der Waals surface area contributed by atoms with Gasteiger partial charge < -0.3 is 5.32 Å². The van der Waals surface area contributed by atoms with E-state index in [9.17, 15) is 4.39 Å². The molecule has 1 aromatic carbocycles. The molecule has 1 nitrogen and oxygen atoms in total. The number of benzene rings is 1. The van der Waals surface area contributed by atoms with E-state index in [-0.39, 0.29) is 16.9 Å². The van der Waals surface area contributed by atoms with Gasteiger partial charge in [0.2, 0.25) is 0 Å². The average molecular weight is 298 g/mol. The molecule has 3 unspecified atom stereocenters. The molecule has 0 aliphatic heterocycles. The molecule has 0 saturated heterocycles. The molecule has 1 aromatic rings. The van der Waals surface area contributed by atoms with E-state index >= 15 is 0 Å². The topological polar surface area (TPSA) is 12.0 Å². The average Bonchev–Trinajstić information content (AvgIpc) is 2.38. The van der Waals surface area contributed by atoms with Crippen molar-refractivity contribution in [1.82, 2.24) is 5.32 Å². The molecule has 1 saturated carbocycles. The van der Waals surface area contributed by atoms with Gasteiger partial charge in [-0.25, -0.2) is 4.39 Å². The number of halogens is 2. The van der Waals surface area contributed by atoms with E-state index in [1.54, 1.807) is 6.07 Å². The second-order valence-corrected chi connectivity index (χ2v) is 6.73. The quantitative estimate of drug-likeness (QED) is 0.805. The van der Waals surface area contributed by atoms with Gasteiger partial charge in [0, 0.05) is 6.04 Å². The van der Waals surface area contributed by atoms with Gasteiger partial charge in [-0.15, -0.1) is 0 Å². The number of nitrogens with one attached hydrogen (secondary N) is 1. The van der Waals surface area contributed by atoms with Crippen LogP contribution in [0.2, 0.25) is 5.02 Å². The normalized spacial score (nSPS) is 28.4. The van der Waals surface area contributed by atoms with E-state index in [0.29, 0.717) is 5.92 Å². The van der Waals surface area contributed by atoms with Gasteiger partial charge in [0.15, 0.2) is 0 Å². The third-order valence-electron chi connectivity index (χ3n) is 4.43. The van der Waals surface area contributed by atoms with Crippen molar-refractivity contribution in [1.29, 1.82) is 0 Å². The zero-order valence-corrected chi connectivity index (χ0v) is 13.4. The molecule has 0 radical (unpaired) electrons. The Labute approximate surface area is 126 Å². The van der Waals surface area contributed by atoms with Crippen LogP contribution < -0.4 is 5.32 Å². The molecule has 20 heavy (non-hydrogen) atoms. The first-order valence-electron chi connectivity index (χ1n) is 7.70. The maximum Gasteiger partial charge on any atom is 0.142 e. The molecular weight excluding hydrogens is 273 g/mol. The van der Waals surface area contributed by atoms with E-state index in [1.165, 1.54) is 25.3 Å². The van der Waals surface area contributed by atoms with Gasteiger partial charge in [-0.3, -0.25) is 0 Å². The van der Waals surface area contributed by atoms with Crippen molar-refractivity contribution in [3.63, 3.8) is 0 Å². The van der Waals surface area contributed by atoms with Crippen LogP contribution >= 0.6 is 11.6 Å². The molecule has 1 aliphatic rings. The Bertz CT molecular complexity index is 439. The monoisotopic (exact) mass is 297 g/mol. The summed E-state index contributed by atoms with van der Waals surface area (Å²) in [6, 6.07) is 5.31. The van der Waals surface area contributed by atoms with Crippen LogP contribution in [0.3, 0.4) is 0 Å². The lowest BCUT2D eigenvalue weighted by Gasteiger charge is -2.37. The maximum atomic E-state index is 13.7. The van der Waals surface area contributed by atoms with Crippen molar-refractivity contribution in [2.75, 3.05) is 6.54 Å². The van der Waals surface area contributed by atoms with E-state index in [1.807, 2.05) is 6.07 Å². The SMILES string of the molecule is CCNC(c1cccc(F)c1Cl)C1CC(C)CC(C)C1. The minimum atomic E-state index is -0.316.